The van der Waals surface area contributed by atoms with Crippen LogP contribution >= 0.6 is 23.2 Å². The summed E-state index contributed by atoms with van der Waals surface area (Å²) in [5.41, 5.74) is 0. The van der Waals surface area contributed by atoms with Crippen molar-refractivity contribution >= 4 is 33.2 Å². The normalized spacial score (nSPS) is 24.3. The van der Waals surface area contributed by atoms with Crippen molar-refractivity contribution in [1.29, 1.82) is 0 Å². The molecule has 2 rings (SSSR count). The molecular weight excluding hydrogens is 305 g/mol. The van der Waals surface area contributed by atoms with Gasteiger partial charge in [-0.1, -0.05) is 24.4 Å². The molecule has 3 nitrogen and oxygen atoms in total. The van der Waals surface area contributed by atoms with E-state index >= 15 is 0 Å². The number of rotatable bonds is 4. The highest BCUT2D eigenvalue weighted by atomic mass is 35.5. The van der Waals surface area contributed by atoms with E-state index in [1.165, 1.54) is 12.1 Å². The molecule has 0 bridgehead atoms. The molecule has 19 heavy (non-hydrogen) atoms. The zero-order chi connectivity index (χ0) is 13.9. The molecule has 0 saturated heterocycles. The quantitative estimate of drug-likeness (QED) is 0.864. The molecule has 1 aromatic rings. The van der Waals surface area contributed by atoms with Crippen LogP contribution in [0.5, 0.6) is 0 Å². The molecule has 1 aliphatic carbocycles. The summed E-state index contributed by atoms with van der Waals surface area (Å²) < 4.78 is 26.8. The van der Waals surface area contributed by atoms with Crippen LogP contribution < -0.4 is 4.72 Å². The molecule has 1 saturated carbocycles. The highest BCUT2D eigenvalue weighted by Crippen LogP contribution is 2.28. The minimum Gasteiger partial charge on any atom is -0.211 e. The van der Waals surface area contributed by atoms with Gasteiger partial charge in [-0.05, 0) is 43.0 Å². The third-order valence-corrected chi connectivity index (χ3v) is 5.74. The van der Waals surface area contributed by atoms with Crippen LogP contribution in [-0.4, -0.2) is 20.3 Å². The van der Waals surface area contributed by atoms with Gasteiger partial charge in [0, 0.05) is 16.9 Å². The van der Waals surface area contributed by atoms with Gasteiger partial charge in [0.05, 0.1) is 4.90 Å². The van der Waals surface area contributed by atoms with Gasteiger partial charge < -0.3 is 0 Å². The van der Waals surface area contributed by atoms with Gasteiger partial charge in [0.1, 0.15) is 0 Å². The van der Waals surface area contributed by atoms with Gasteiger partial charge in [-0.25, -0.2) is 13.1 Å². The van der Waals surface area contributed by atoms with E-state index in [1.54, 1.807) is 12.1 Å². The van der Waals surface area contributed by atoms with E-state index < -0.39 is 10.0 Å². The standard InChI is InChI=1S/C13H17Cl2NO2S/c14-11-5-7-12(8-6-11)19(17,18)16-9-10-3-1-2-4-13(10)15/h5-8,10,13,16H,1-4,9H2. The van der Waals surface area contributed by atoms with Crippen LogP contribution in [0.4, 0.5) is 0 Å². The fourth-order valence-corrected chi connectivity index (χ4v) is 3.90. The first-order chi connectivity index (χ1) is 8.99. The van der Waals surface area contributed by atoms with E-state index in [2.05, 4.69) is 4.72 Å². The maximum absolute atomic E-state index is 12.1. The molecule has 106 valence electrons. The average molecular weight is 322 g/mol. The number of alkyl halides is 1. The van der Waals surface area contributed by atoms with E-state index in [4.69, 9.17) is 23.2 Å². The summed E-state index contributed by atoms with van der Waals surface area (Å²) in [7, 11) is -3.47. The lowest BCUT2D eigenvalue weighted by Gasteiger charge is -2.27. The van der Waals surface area contributed by atoms with Crippen LogP contribution in [-0.2, 0) is 10.0 Å². The van der Waals surface area contributed by atoms with Crippen LogP contribution in [0.1, 0.15) is 25.7 Å². The van der Waals surface area contributed by atoms with E-state index in [0.29, 0.717) is 11.6 Å². The highest BCUT2D eigenvalue weighted by Gasteiger charge is 2.25. The molecular formula is C13H17Cl2NO2S. The van der Waals surface area contributed by atoms with E-state index in [-0.39, 0.29) is 16.2 Å². The predicted molar refractivity (Wildman–Crippen MR) is 78.2 cm³/mol. The summed E-state index contributed by atoms with van der Waals surface area (Å²) in [6.07, 6.45) is 4.21. The van der Waals surface area contributed by atoms with E-state index in [0.717, 1.165) is 25.7 Å². The van der Waals surface area contributed by atoms with E-state index in [1.807, 2.05) is 0 Å². The summed E-state index contributed by atoms with van der Waals surface area (Å²) >= 11 is 12.0. The molecule has 0 aromatic heterocycles. The Morgan fingerprint density at radius 1 is 1.16 bits per heavy atom. The molecule has 1 fully saturated rings. The summed E-state index contributed by atoms with van der Waals surface area (Å²) in [6, 6.07) is 6.15. The fourth-order valence-electron chi connectivity index (χ4n) is 2.31. The molecule has 2 unspecified atom stereocenters. The van der Waals surface area contributed by atoms with Gasteiger partial charge in [-0.15, -0.1) is 11.6 Å². The molecule has 6 heteroatoms. The summed E-state index contributed by atoms with van der Waals surface area (Å²) in [5.74, 6) is 0.220. The maximum atomic E-state index is 12.1. The Labute approximate surface area is 124 Å². The average Bonchev–Trinajstić information content (AvgIpc) is 2.38. The van der Waals surface area contributed by atoms with Crippen molar-refractivity contribution < 1.29 is 8.42 Å². The van der Waals surface area contributed by atoms with Crippen molar-refractivity contribution in [2.24, 2.45) is 5.92 Å². The number of hydrogen-bond donors (Lipinski definition) is 1. The monoisotopic (exact) mass is 321 g/mol. The molecule has 0 radical (unpaired) electrons. The second-order valence-corrected chi connectivity index (χ2v) is 7.63. The number of hydrogen-bond acceptors (Lipinski definition) is 2. The van der Waals surface area contributed by atoms with Crippen LogP contribution in [0.15, 0.2) is 29.2 Å². The highest BCUT2D eigenvalue weighted by molar-refractivity contribution is 7.89. The van der Waals surface area contributed by atoms with Crippen LogP contribution in [0, 0.1) is 5.92 Å². The maximum Gasteiger partial charge on any atom is 0.240 e. The predicted octanol–water partition coefficient (Wildman–Crippen LogP) is 3.42. The van der Waals surface area contributed by atoms with Gasteiger partial charge in [0.2, 0.25) is 10.0 Å². The molecule has 0 spiro atoms. The van der Waals surface area contributed by atoms with Crippen molar-refractivity contribution in [2.75, 3.05) is 6.54 Å². The summed E-state index contributed by atoms with van der Waals surface area (Å²) in [6.45, 7) is 0.402. The van der Waals surface area contributed by atoms with Gasteiger partial charge in [0.15, 0.2) is 0 Å². The van der Waals surface area contributed by atoms with Crippen molar-refractivity contribution in [3.8, 4) is 0 Å². The SMILES string of the molecule is O=S(=O)(NCC1CCCCC1Cl)c1ccc(Cl)cc1. The molecule has 2 atom stereocenters. The smallest absolute Gasteiger partial charge is 0.211 e. The van der Waals surface area contributed by atoms with Crippen molar-refractivity contribution in [3.63, 3.8) is 0 Å². The number of sulfonamides is 1. The first-order valence-electron chi connectivity index (χ1n) is 6.38. The van der Waals surface area contributed by atoms with Gasteiger partial charge in [-0.3, -0.25) is 0 Å². The van der Waals surface area contributed by atoms with Crippen molar-refractivity contribution in [3.05, 3.63) is 29.3 Å². The summed E-state index contributed by atoms with van der Waals surface area (Å²) in [4.78, 5) is 0.235. The Hall–Kier alpha value is -0.290. The number of benzene rings is 1. The lowest BCUT2D eigenvalue weighted by Crippen LogP contribution is -2.34. The molecule has 0 aliphatic heterocycles. The zero-order valence-corrected chi connectivity index (χ0v) is 12.8. The number of nitrogens with one attached hydrogen (secondary N) is 1. The van der Waals surface area contributed by atoms with Gasteiger partial charge >= 0.3 is 0 Å². The summed E-state index contributed by atoms with van der Waals surface area (Å²) in [5, 5.41) is 0.591. The third-order valence-electron chi connectivity index (χ3n) is 3.48. The molecule has 1 N–H and O–H groups in total. The second kappa shape index (κ2) is 6.44. The minimum absolute atomic E-state index is 0.0710. The van der Waals surface area contributed by atoms with Crippen LogP contribution in [0.25, 0.3) is 0 Å². The van der Waals surface area contributed by atoms with E-state index in [9.17, 15) is 8.42 Å². The molecule has 0 amide bonds. The Kier molecular flexibility index (Phi) is 5.12. The third kappa shape index (κ3) is 4.09. The zero-order valence-electron chi connectivity index (χ0n) is 10.5. The van der Waals surface area contributed by atoms with Gasteiger partial charge in [0.25, 0.3) is 0 Å². The fraction of sp³-hybridized carbons (Fsp3) is 0.538. The van der Waals surface area contributed by atoms with Crippen LogP contribution in [0.3, 0.4) is 0 Å². The topological polar surface area (TPSA) is 46.2 Å². The Morgan fingerprint density at radius 2 is 1.79 bits per heavy atom. The first-order valence-corrected chi connectivity index (χ1v) is 8.68. The minimum atomic E-state index is -3.47. The Morgan fingerprint density at radius 3 is 2.42 bits per heavy atom. The molecule has 1 aromatic carbocycles. The second-order valence-electron chi connectivity index (χ2n) is 4.87. The Bertz CT molecular complexity index is 516. The van der Waals surface area contributed by atoms with Crippen LogP contribution in [0.2, 0.25) is 5.02 Å². The van der Waals surface area contributed by atoms with Crippen molar-refractivity contribution in [1.82, 2.24) is 4.72 Å². The Balaban J connectivity index is 1.99. The van der Waals surface area contributed by atoms with Crippen molar-refractivity contribution in [2.45, 2.75) is 36.0 Å². The molecule has 1 aliphatic rings. The van der Waals surface area contributed by atoms with Gasteiger partial charge in [-0.2, -0.15) is 0 Å². The first kappa shape index (κ1) is 15.1. The molecule has 0 heterocycles. The lowest BCUT2D eigenvalue weighted by molar-refractivity contribution is 0.364. The largest absolute Gasteiger partial charge is 0.240 e. The number of halogens is 2. The lowest BCUT2D eigenvalue weighted by atomic mass is 9.89.